The average Bonchev–Trinajstić information content (AvgIpc) is 2.93. The molecule has 114 valence electrons. The first-order valence-corrected chi connectivity index (χ1v) is 7.23. The van der Waals surface area contributed by atoms with E-state index in [1.807, 2.05) is 19.9 Å². The van der Waals surface area contributed by atoms with Crippen molar-refractivity contribution in [3.05, 3.63) is 35.8 Å². The molecule has 0 amide bonds. The highest BCUT2D eigenvalue weighted by Gasteiger charge is 2.12. The maximum Gasteiger partial charge on any atom is 0.160 e. The molecular formula is C16H19N5O. The molecule has 22 heavy (non-hydrogen) atoms. The van der Waals surface area contributed by atoms with E-state index in [4.69, 9.17) is 4.74 Å². The standard InChI is InChI=1S/C16H19N5O/c1-9(2)22-14-6-11(4)10(3)5-13(14)20-15-12-7-19-21-16(12)18-8-17-15/h5-9H,1-4H3,(H2,17,18,19,20,21). The van der Waals surface area contributed by atoms with Gasteiger partial charge in [0.1, 0.15) is 17.9 Å². The molecule has 2 aromatic heterocycles. The molecular weight excluding hydrogens is 278 g/mol. The van der Waals surface area contributed by atoms with Gasteiger partial charge in [0.15, 0.2) is 5.65 Å². The van der Waals surface area contributed by atoms with Crippen LogP contribution in [-0.2, 0) is 0 Å². The van der Waals surface area contributed by atoms with Crippen molar-refractivity contribution in [3.8, 4) is 5.75 Å². The van der Waals surface area contributed by atoms with Gasteiger partial charge in [0.05, 0.1) is 23.4 Å². The van der Waals surface area contributed by atoms with E-state index in [1.54, 1.807) is 6.20 Å². The fourth-order valence-electron chi connectivity index (χ4n) is 2.23. The number of ether oxygens (including phenoxy) is 1. The van der Waals surface area contributed by atoms with E-state index in [0.29, 0.717) is 11.5 Å². The van der Waals surface area contributed by atoms with E-state index in [2.05, 4.69) is 45.4 Å². The zero-order chi connectivity index (χ0) is 15.7. The third-order valence-corrected chi connectivity index (χ3v) is 3.46. The molecule has 2 N–H and O–H groups in total. The Hall–Kier alpha value is -2.63. The molecule has 0 fully saturated rings. The summed E-state index contributed by atoms with van der Waals surface area (Å²) in [6.45, 7) is 8.17. The minimum Gasteiger partial charge on any atom is -0.489 e. The van der Waals surface area contributed by atoms with Crippen LogP contribution < -0.4 is 10.1 Å². The monoisotopic (exact) mass is 297 g/mol. The minimum absolute atomic E-state index is 0.0991. The number of nitrogens with zero attached hydrogens (tertiary/aromatic N) is 3. The summed E-state index contributed by atoms with van der Waals surface area (Å²) in [6, 6.07) is 4.12. The summed E-state index contributed by atoms with van der Waals surface area (Å²) in [5, 5.41) is 11.0. The summed E-state index contributed by atoms with van der Waals surface area (Å²) < 4.78 is 5.92. The van der Waals surface area contributed by atoms with Crippen molar-refractivity contribution in [1.82, 2.24) is 20.2 Å². The molecule has 0 aliphatic carbocycles. The lowest BCUT2D eigenvalue weighted by Gasteiger charge is -2.17. The van der Waals surface area contributed by atoms with Crippen molar-refractivity contribution in [3.63, 3.8) is 0 Å². The van der Waals surface area contributed by atoms with Crippen LogP contribution in [0.5, 0.6) is 5.75 Å². The van der Waals surface area contributed by atoms with Gasteiger partial charge in [0, 0.05) is 0 Å². The second-order valence-electron chi connectivity index (χ2n) is 5.58. The van der Waals surface area contributed by atoms with Gasteiger partial charge in [-0.15, -0.1) is 0 Å². The molecule has 0 bridgehead atoms. The Morgan fingerprint density at radius 2 is 1.91 bits per heavy atom. The van der Waals surface area contributed by atoms with Crippen molar-refractivity contribution in [2.45, 2.75) is 33.8 Å². The van der Waals surface area contributed by atoms with Crippen LogP contribution in [0.3, 0.4) is 0 Å². The Kier molecular flexibility index (Phi) is 3.66. The summed E-state index contributed by atoms with van der Waals surface area (Å²) in [6.07, 6.45) is 3.32. The number of aromatic nitrogens is 4. The zero-order valence-corrected chi connectivity index (χ0v) is 13.1. The van der Waals surface area contributed by atoms with Crippen LogP contribution >= 0.6 is 0 Å². The summed E-state index contributed by atoms with van der Waals surface area (Å²) in [7, 11) is 0. The number of H-pyrrole nitrogens is 1. The van der Waals surface area contributed by atoms with E-state index >= 15 is 0 Å². The number of aryl methyl sites for hydroxylation is 2. The van der Waals surface area contributed by atoms with Crippen molar-refractivity contribution in [2.75, 3.05) is 5.32 Å². The maximum absolute atomic E-state index is 5.92. The number of nitrogens with one attached hydrogen (secondary N) is 2. The maximum atomic E-state index is 5.92. The van der Waals surface area contributed by atoms with E-state index in [-0.39, 0.29) is 6.10 Å². The second-order valence-corrected chi connectivity index (χ2v) is 5.58. The van der Waals surface area contributed by atoms with E-state index in [0.717, 1.165) is 16.8 Å². The normalized spacial score (nSPS) is 11.1. The van der Waals surface area contributed by atoms with Gasteiger partial charge in [-0.05, 0) is 51.0 Å². The molecule has 0 unspecified atom stereocenters. The van der Waals surface area contributed by atoms with Gasteiger partial charge in [0.25, 0.3) is 0 Å². The molecule has 6 nitrogen and oxygen atoms in total. The summed E-state index contributed by atoms with van der Waals surface area (Å²) in [5.41, 5.74) is 3.97. The number of hydrogen-bond donors (Lipinski definition) is 2. The molecule has 3 rings (SSSR count). The Labute approximate surface area is 128 Å². The van der Waals surface area contributed by atoms with Gasteiger partial charge in [-0.25, -0.2) is 9.97 Å². The molecule has 0 aliphatic rings. The Balaban J connectivity index is 2.04. The van der Waals surface area contributed by atoms with Gasteiger partial charge < -0.3 is 10.1 Å². The Morgan fingerprint density at radius 3 is 2.68 bits per heavy atom. The average molecular weight is 297 g/mol. The van der Waals surface area contributed by atoms with Crippen LogP contribution in [0, 0.1) is 13.8 Å². The number of benzene rings is 1. The summed E-state index contributed by atoms with van der Waals surface area (Å²) >= 11 is 0. The molecule has 3 aromatic rings. The number of anilines is 2. The van der Waals surface area contributed by atoms with Crippen LogP contribution in [-0.4, -0.2) is 26.3 Å². The smallest absolute Gasteiger partial charge is 0.160 e. The Morgan fingerprint density at radius 1 is 1.14 bits per heavy atom. The summed E-state index contributed by atoms with van der Waals surface area (Å²) in [4.78, 5) is 8.45. The fourth-order valence-corrected chi connectivity index (χ4v) is 2.23. The molecule has 0 aliphatic heterocycles. The molecule has 0 spiro atoms. The van der Waals surface area contributed by atoms with Gasteiger partial charge in [-0.2, -0.15) is 5.10 Å². The summed E-state index contributed by atoms with van der Waals surface area (Å²) in [5.74, 6) is 1.52. The van der Waals surface area contributed by atoms with Gasteiger partial charge in [-0.1, -0.05) is 0 Å². The van der Waals surface area contributed by atoms with E-state index in [1.165, 1.54) is 17.5 Å². The highest BCUT2D eigenvalue weighted by Crippen LogP contribution is 2.32. The van der Waals surface area contributed by atoms with Crippen molar-refractivity contribution < 1.29 is 4.74 Å². The molecule has 0 saturated carbocycles. The number of fused-ring (bicyclic) bond motifs is 1. The first-order chi connectivity index (χ1) is 10.5. The highest BCUT2D eigenvalue weighted by atomic mass is 16.5. The molecule has 0 saturated heterocycles. The molecule has 0 atom stereocenters. The predicted molar refractivity (Wildman–Crippen MR) is 86.6 cm³/mol. The Bertz CT molecular complexity index is 809. The lowest BCUT2D eigenvalue weighted by atomic mass is 10.1. The number of aromatic amines is 1. The SMILES string of the molecule is Cc1cc(Nc2ncnc3[nH]ncc23)c(OC(C)C)cc1C. The van der Waals surface area contributed by atoms with Crippen molar-refractivity contribution in [2.24, 2.45) is 0 Å². The molecule has 2 heterocycles. The van der Waals surface area contributed by atoms with Crippen LogP contribution in [0.25, 0.3) is 11.0 Å². The van der Waals surface area contributed by atoms with Crippen molar-refractivity contribution >= 4 is 22.5 Å². The van der Waals surface area contributed by atoms with Crippen molar-refractivity contribution in [1.29, 1.82) is 0 Å². The van der Waals surface area contributed by atoms with Crippen LogP contribution in [0.2, 0.25) is 0 Å². The molecule has 1 aromatic carbocycles. The van der Waals surface area contributed by atoms with Gasteiger partial charge in [0.2, 0.25) is 0 Å². The second kappa shape index (κ2) is 5.63. The van der Waals surface area contributed by atoms with E-state index in [9.17, 15) is 0 Å². The third kappa shape index (κ3) is 2.72. The largest absolute Gasteiger partial charge is 0.489 e. The first-order valence-electron chi connectivity index (χ1n) is 7.23. The topological polar surface area (TPSA) is 75.7 Å². The van der Waals surface area contributed by atoms with Gasteiger partial charge >= 0.3 is 0 Å². The highest BCUT2D eigenvalue weighted by molar-refractivity contribution is 5.88. The van der Waals surface area contributed by atoms with E-state index < -0.39 is 0 Å². The lowest BCUT2D eigenvalue weighted by Crippen LogP contribution is -2.08. The van der Waals surface area contributed by atoms with Crippen LogP contribution in [0.15, 0.2) is 24.7 Å². The quantitative estimate of drug-likeness (QED) is 0.771. The molecule has 0 radical (unpaired) electrons. The third-order valence-electron chi connectivity index (χ3n) is 3.46. The minimum atomic E-state index is 0.0991. The van der Waals surface area contributed by atoms with Crippen LogP contribution in [0.1, 0.15) is 25.0 Å². The predicted octanol–water partition coefficient (Wildman–Crippen LogP) is 3.50. The fraction of sp³-hybridized carbons (Fsp3) is 0.312. The lowest BCUT2D eigenvalue weighted by molar-refractivity contribution is 0.243. The number of hydrogen-bond acceptors (Lipinski definition) is 5. The first kappa shape index (κ1) is 14.3. The van der Waals surface area contributed by atoms with Crippen LogP contribution in [0.4, 0.5) is 11.5 Å². The molecule has 6 heteroatoms. The number of rotatable bonds is 4. The zero-order valence-electron chi connectivity index (χ0n) is 13.1. The van der Waals surface area contributed by atoms with Gasteiger partial charge in [-0.3, -0.25) is 5.10 Å².